The van der Waals surface area contributed by atoms with Crippen LogP contribution in [0.25, 0.3) is 0 Å². The van der Waals surface area contributed by atoms with Crippen LogP contribution in [0, 0.1) is 5.41 Å². The summed E-state index contributed by atoms with van der Waals surface area (Å²) in [5, 5.41) is 3.97. The van der Waals surface area contributed by atoms with Crippen LogP contribution in [0.4, 0.5) is 0 Å². The molecule has 0 bridgehead atoms. The maximum absolute atomic E-state index is 12.3. The van der Waals surface area contributed by atoms with Gasteiger partial charge in [0.15, 0.2) is 6.61 Å². The molecule has 3 aromatic rings. The molecular formula is C30H33BrN2O4. The minimum atomic E-state index is -0.466. The quantitative estimate of drug-likeness (QED) is 0.132. The Labute approximate surface area is 227 Å². The van der Waals surface area contributed by atoms with Crippen LogP contribution in [0.5, 0.6) is 11.5 Å². The van der Waals surface area contributed by atoms with Gasteiger partial charge >= 0.3 is 5.97 Å². The van der Waals surface area contributed by atoms with Crippen molar-refractivity contribution in [2.75, 3.05) is 6.61 Å². The number of carbonyl (C=O) groups excluding carboxylic acids is 2. The average molecular weight is 566 g/mol. The zero-order valence-corrected chi connectivity index (χ0v) is 23.5. The highest BCUT2D eigenvalue weighted by molar-refractivity contribution is 9.10. The van der Waals surface area contributed by atoms with Gasteiger partial charge in [-0.3, -0.25) is 4.79 Å². The zero-order chi connectivity index (χ0) is 27.1. The van der Waals surface area contributed by atoms with Crippen molar-refractivity contribution in [3.8, 4) is 11.5 Å². The second kappa shape index (κ2) is 12.2. The van der Waals surface area contributed by atoms with Gasteiger partial charge in [0, 0.05) is 4.47 Å². The molecule has 0 atom stereocenters. The number of hydrogen-bond donors (Lipinski definition) is 1. The Bertz CT molecular complexity index is 1260. The topological polar surface area (TPSA) is 77.0 Å². The Morgan fingerprint density at radius 1 is 0.919 bits per heavy atom. The molecule has 1 amide bonds. The van der Waals surface area contributed by atoms with E-state index < -0.39 is 5.97 Å². The van der Waals surface area contributed by atoms with Gasteiger partial charge in [0.25, 0.3) is 5.91 Å². The molecule has 3 rings (SSSR count). The molecule has 0 fully saturated rings. The van der Waals surface area contributed by atoms with E-state index in [-0.39, 0.29) is 23.3 Å². The molecule has 0 aliphatic rings. The predicted molar refractivity (Wildman–Crippen MR) is 150 cm³/mol. The van der Waals surface area contributed by atoms with Gasteiger partial charge in [-0.15, -0.1) is 0 Å². The first-order chi connectivity index (χ1) is 17.4. The van der Waals surface area contributed by atoms with E-state index in [1.54, 1.807) is 42.5 Å². The van der Waals surface area contributed by atoms with Gasteiger partial charge < -0.3 is 9.47 Å². The molecule has 7 heteroatoms. The third-order valence-corrected chi connectivity index (χ3v) is 6.00. The maximum atomic E-state index is 12.3. The van der Waals surface area contributed by atoms with E-state index in [2.05, 4.69) is 61.1 Å². The van der Waals surface area contributed by atoms with Gasteiger partial charge in [-0.05, 0) is 70.8 Å². The summed E-state index contributed by atoms with van der Waals surface area (Å²) in [5.41, 5.74) is 5.04. The highest BCUT2D eigenvalue weighted by Crippen LogP contribution is 2.36. The largest absolute Gasteiger partial charge is 0.484 e. The number of amides is 1. The van der Waals surface area contributed by atoms with Gasteiger partial charge in [0.1, 0.15) is 11.5 Å². The smallest absolute Gasteiger partial charge is 0.343 e. The number of halogens is 1. The molecule has 0 aromatic heterocycles. The Morgan fingerprint density at radius 2 is 1.62 bits per heavy atom. The summed E-state index contributed by atoms with van der Waals surface area (Å²) in [6, 6.07) is 21.7. The third kappa shape index (κ3) is 9.17. The second-order valence-electron chi connectivity index (χ2n) is 10.7. The minimum absolute atomic E-state index is 0.0389. The molecule has 0 heterocycles. The van der Waals surface area contributed by atoms with E-state index in [0.717, 1.165) is 10.9 Å². The number of ether oxygens (including phenoxy) is 2. The first-order valence-corrected chi connectivity index (χ1v) is 12.8. The van der Waals surface area contributed by atoms with Crippen LogP contribution < -0.4 is 14.9 Å². The highest BCUT2D eigenvalue weighted by Gasteiger charge is 2.27. The molecule has 0 aliphatic heterocycles. The van der Waals surface area contributed by atoms with E-state index >= 15 is 0 Å². The van der Waals surface area contributed by atoms with Gasteiger partial charge in [-0.1, -0.05) is 80.9 Å². The molecule has 0 saturated carbocycles. The lowest BCUT2D eigenvalue weighted by atomic mass is 9.72. The van der Waals surface area contributed by atoms with E-state index in [1.807, 2.05) is 30.3 Å². The van der Waals surface area contributed by atoms with Gasteiger partial charge in [-0.25, -0.2) is 10.2 Å². The van der Waals surface area contributed by atoms with Crippen LogP contribution in [0.15, 0.2) is 82.4 Å². The van der Waals surface area contributed by atoms with Crippen molar-refractivity contribution < 1.29 is 19.1 Å². The summed E-state index contributed by atoms with van der Waals surface area (Å²) in [4.78, 5) is 24.5. The van der Waals surface area contributed by atoms with Gasteiger partial charge in [-0.2, -0.15) is 5.10 Å². The Morgan fingerprint density at radius 3 is 2.30 bits per heavy atom. The molecule has 0 radical (unpaired) electrons. The standard InChI is InChI=1S/C30H33BrN2O4/c1-29(2,3)20-30(4,5)23-12-14-25(15-13-23)36-19-27(34)33-32-18-21-8-6-11-26(16-21)37-28(35)22-9-7-10-24(31)17-22/h6-18H,19-20H2,1-5H3,(H,33,34)/b32-18-. The molecule has 0 unspecified atom stereocenters. The minimum Gasteiger partial charge on any atom is -0.484 e. The number of carbonyl (C=O) groups is 2. The van der Waals surface area contributed by atoms with Crippen LogP contribution in [0.3, 0.4) is 0 Å². The van der Waals surface area contributed by atoms with E-state index in [0.29, 0.717) is 22.6 Å². The van der Waals surface area contributed by atoms with E-state index in [9.17, 15) is 9.59 Å². The van der Waals surface area contributed by atoms with Crippen LogP contribution in [0.1, 0.15) is 62.5 Å². The van der Waals surface area contributed by atoms with Crippen molar-refractivity contribution >= 4 is 34.0 Å². The third-order valence-electron chi connectivity index (χ3n) is 5.51. The van der Waals surface area contributed by atoms with Crippen molar-refractivity contribution in [1.29, 1.82) is 0 Å². The number of hydrazone groups is 1. The number of benzene rings is 3. The fourth-order valence-electron chi connectivity index (χ4n) is 4.23. The number of nitrogens with zero attached hydrogens (tertiary/aromatic N) is 1. The molecule has 1 N–H and O–H groups in total. The average Bonchev–Trinajstić information content (AvgIpc) is 2.82. The van der Waals surface area contributed by atoms with Crippen molar-refractivity contribution in [2.24, 2.45) is 10.5 Å². The number of esters is 1. The lowest BCUT2D eigenvalue weighted by Gasteiger charge is -2.33. The molecule has 6 nitrogen and oxygen atoms in total. The first kappa shape index (κ1) is 28.1. The molecule has 37 heavy (non-hydrogen) atoms. The van der Waals surface area contributed by atoms with Crippen LogP contribution in [-0.4, -0.2) is 24.7 Å². The number of hydrogen-bond acceptors (Lipinski definition) is 5. The summed E-state index contributed by atoms with van der Waals surface area (Å²) in [6.07, 6.45) is 2.53. The van der Waals surface area contributed by atoms with Crippen LogP contribution in [-0.2, 0) is 10.2 Å². The molecule has 0 aliphatic carbocycles. The summed E-state index contributed by atoms with van der Waals surface area (Å²) < 4.78 is 11.8. The van der Waals surface area contributed by atoms with E-state index in [4.69, 9.17) is 9.47 Å². The number of nitrogens with one attached hydrogen (secondary N) is 1. The molecule has 0 spiro atoms. The van der Waals surface area contributed by atoms with Crippen LogP contribution >= 0.6 is 15.9 Å². The molecule has 0 saturated heterocycles. The van der Waals surface area contributed by atoms with E-state index in [1.165, 1.54) is 11.8 Å². The maximum Gasteiger partial charge on any atom is 0.343 e. The van der Waals surface area contributed by atoms with Gasteiger partial charge in [0.2, 0.25) is 0 Å². The SMILES string of the molecule is CC(C)(C)CC(C)(C)c1ccc(OCC(=O)N/N=C\c2cccc(OC(=O)c3cccc(Br)c3)c2)cc1. The normalized spacial score (nSPS) is 11.8. The fourth-order valence-corrected chi connectivity index (χ4v) is 4.63. The summed E-state index contributed by atoms with van der Waals surface area (Å²) >= 11 is 3.34. The predicted octanol–water partition coefficient (Wildman–Crippen LogP) is 6.91. The summed E-state index contributed by atoms with van der Waals surface area (Å²) in [7, 11) is 0. The number of rotatable bonds is 9. The van der Waals surface area contributed by atoms with Crippen LogP contribution in [0.2, 0.25) is 0 Å². The molecular weight excluding hydrogens is 532 g/mol. The monoisotopic (exact) mass is 564 g/mol. The first-order valence-electron chi connectivity index (χ1n) is 12.0. The Balaban J connectivity index is 1.49. The van der Waals surface area contributed by atoms with Crippen molar-refractivity contribution in [1.82, 2.24) is 5.43 Å². The summed E-state index contributed by atoms with van der Waals surface area (Å²) in [6.45, 7) is 11.0. The second-order valence-corrected chi connectivity index (χ2v) is 11.6. The Kier molecular flexibility index (Phi) is 9.27. The zero-order valence-electron chi connectivity index (χ0n) is 21.9. The van der Waals surface area contributed by atoms with Crippen molar-refractivity contribution in [2.45, 2.75) is 46.5 Å². The van der Waals surface area contributed by atoms with Crippen molar-refractivity contribution in [3.63, 3.8) is 0 Å². The molecule has 194 valence electrons. The summed E-state index contributed by atoms with van der Waals surface area (Å²) in [5.74, 6) is 0.143. The van der Waals surface area contributed by atoms with Crippen molar-refractivity contribution in [3.05, 3.63) is 94.0 Å². The van der Waals surface area contributed by atoms with Gasteiger partial charge in [0.05, 0.1) is 11.8 Å². The molecule has 3 aromatic carbocycles. The fraction of sp³-hybridized carbons (Fsp3) is 0.300. The highest BCUT2D eigenvalue weighted by atomic mass is 79.9. The lowest BCUT2D eigenvalue weighted by Crippen LogP contribution is -2.25. The lowest BCUT2D eigenvalue weighted by molar-refractivity contribution is -0.123. The Hall–Kier alpha value is -3.45.